The van der Waals surface area contributed by atoms with Crippen molar-refractivity contribution in [1.29, 1.82) is 0 Å². The zero-order valence-corrected chi connectivity index (χ0v) is 15.4. The number of nitrogens with one attached hydrogen (secondary N) is 2. The fraction of sp³-hybridized carbons (Fsp3) is 0.222. The first kappa shape index (κ1) is 18.0. The van der Waals surface area contributed by atoms with E-state index in [2.05, 4.69) is 35.0 Å². The van der Waals surface area contributed by atoms with Crippen molar-refractivity contribution in [1.82, 2.24) is 34.5 Å². The van der Waals surface area contributed by atoms with Crippen LogP contribution in [0, 0.1) is 5.82 Å². The molecule has 5 rings (SSSR count). The third kappa shape index (κ3) is 3.50. The molecule has 0 unspecified atom stereocenters. The van der Waals surface area contributed by atoms with Crippen LogP contribution in [0.4, 0.5) is 4.39 Å². The number of fused-ring (bicyclic) bond motifs is 1. The lowest BCUT2D eigenvalue weighted by Crippen LogP contribution is -2.24. The van der Waals surface area contributed by atoms with Gasteiger partial charge in [-0.1, -0.05) is 0 Å². The van der Waals surface area contributed by atoms with Crippen LogP contribution < -0.4 is 21.3 Å². The summed E-state index contributed by atoms with van der Waals surface area (Å²) in [5, 5.41) is 14.6. The van der Waals surface area contributed by atoms with Crippen LogP contribution in [0.3, 0.4) is 0 Å². The van der Waals surface area contributed by atoms with Crippen molar-refractivity contribution in [2.24, 2.45) is 4.99 Å². The molecule has 0 radical (unpaired) electrons. The average Bonchev–Trinajstić information content (AvgIpc) is 3.36. The summed E-state index contributed by atoms with van der Waals surface area (Å²) in [6.45, 7) is -0.162. The van der Waals surface area contributed by atoms with Crippen molar-refractivity contribution in [3.8, 4) is 11.9 Å². The Kier molecular flexibility index (Phi) is 4.23. The number of imidazole rings is 1. The Morgan fingerprint density at radius 3 is 2.97 bits per heavy atom. The van der Waals surface area contributed by atoms with Gasteiger partial charge < -0.3 is 14.8 Å². The Hall–Kier alpha value is -4.09. The summed E-state index contributed by atoms with van der Waals surface area (Å²) in [6.07, 6.45) is 6.39. The number of ether oxygens (including phenoxy) is 1. The highest BCUT2D eigenvalue weighted by molar-refractivity contribution is 5.56. The number of aromatic hydroxyl groups is 1. The van der Waals surface area contributed by atoms with E-state index in [0.29, 0.717) is 16.5 Å². The van der Waals surface area contributed by atoms with E-state index in [1.54, 1.807) is 0 Å². The molecule has 4 aromatic rings. The molecule has 30 heavy (non-hydrogen) atoms. The van der Waals surface area contributed by atoms with E-state index in [0.717, 1.165) is 12.8 Å². The summed E-state index contributed by atoms with van der Waals surface area (Å²) in [4.78, 5) is 33.2. The molecule has 4 heterocycles. The molecular formula is C18H15FN8O3. The van der Waals surface area contributed by atoms with Gasteiger partial charge in [-0.25, -0.2) is 14.2 Å². The third-order valence-electron chi connectivity index (χ3n) is 4.41. The standard InChI is InChI=1S/C18H15FN8O3/c19-11-2-1-5-20-13(11)8-30-18-24-14-9(6-12-15(28)25-17(29)23-12)7-21-27(14)16(26-18)22-10-3-4-10/h1-2,5-7,10,28H,3-4,8H2,(H2,23,25,29). The molecule has 0 atom stereocenters. The molecule has 0 bridgehead atoms. The Labute approximate surface area is 166 Å². The van der Waals surface area contributed by atoms with Crippen molar-refractivity contribution in [2.45, 2.75) is 25.5 Å². The maximum Gasteiger partial charge on any atom is 0.326 e. The van der Waals surface area contributed by atoms with Crippen LogP contribution in [0.1, 0.15) is 24.2 Å². The smallest absolute Gasteiger partial charge is 0.326 e. The Morgan fingerprint density at radius 1 is 1.37 bits per heavy atom. The van der Waals surface area contributed by atoms with Crippen molar-refractivity contribution < 1.29 is 14.2 Å². The predicted octanol–water partition coefficient (Wildman–Crippen LogP) is -0.430. The normalized spacial score (nSPS) is 15.2. The van der Waals surface area contributed by atoms with E-state index in [-0.39, 0.29) is 35.9 Å². The second-order valence-electron chi connectivity index (χ2n) is 6.71. The van der Waals surface area contributed by atoms with E-state index >= 15 is 0 Å². The fourth-order valence-electron chi connectivity index (χ4n) is 2.78. The molecule has 0 spiro atoms. The minimum absolute atomic E-state index is 0.0195. The monoisotopic (exact) mass is 410 g/mol. The van der Waals surface area contributed by atoms with Crippen molar-refractivity contribution >= 4 is 11.7 Å². The quantitative estimate of drug-likeness (QED) is 0.405. The summed E-state index contributed by atoms with van der Waals surface area (Å²) >= 11 is 0. The van der Waals surface area contributed by atoms with Crippen molar-refractivity contribution in [3.05, 3.63) is 63.1 Å². The number of aromatic amines is 2. The molecule has 12 heteroatoms. The average molecular weight is 410 g/mol. The van der Waals surface area contributed by atoms with Crippen LogP contribution in [0.5, 0.6) is 11.9 Å². The molecule has 1 aliphatic rings. The highest BCUT2D eigenvalue weighted by Crippen LogP contribution is 2.22. The number of hydrogen-bond donors (Lipinski definition) is 3. The molecule has 0 aliphatic heterocycles. The first-order valence-corrected chi connectivity index (χ1v) is 9.11. The number of aromatic nitrogens is 7. The van der Waals surface area contributed by atoms with E-state index in [4.69, 9.17) is 4.74 Å². The highest BCUT2D eigenvalue weighted by atomic mass is 19.1. The topological polar surface area (TPSA) is 146 Å². The lowest BCUT2D eigenvalue weighted by molar-refractivity contribution is 0.268. The van der Waals surface area contributed by atoms with Gasteiger partial charge in [0.25, 0.3) is 5.62 Å². The number of nitrogens with zero attached hydrogens (tertiary/aromatic N) is 6. The minimum atomic E-state index is -0.546. The van der Waals surface area contributed by atoms with Gasteiger partial charge in [-0.3, -0.25) is 9.97 Å². The maximum absolute atomic E-state index is 13.8. The molecule has 0 amide bonds. The molecule has 1 saturated carbocycles. The Bertz CT molecular complexity index is 1420. The highest BCUT2D eigenvalue weighted by Gasteiger charge is 2.21. The maximum atomic E-state index is 13.8. The van der Waals surface area contributed by atoms with Crippen molar-refractivity contribution in [3.63, 3.8) is 0 Å². The summed E-state index contributed by atoms with van der Waals surface area (Å²) in [5.41, 5.74) is 0.396. The lowest BCUT2D eigenvalue weighted by atomic mass is 10.3. The van der Waals surface area contributed by atoms with Crippen LogP contribution >= 0.6 is 0 Å². The van der Waals surface area contributed by atoms with Gasteiger partial charge in [0.05, 0.1) is 12.2 Å². The molecular weight excluding hydrogens is 395 g/mol. The molecule has 0 saturated heterocycles. The van der Waals surface area contributed by atoms with Crippen LogP contribution in [0.15, 0.2) is 34.3 Å². The number of H-pyrrole nitrogens is 2. The molecule has 3 N–H and O–H groups in total. The number of pyridine rings is 1. The molecule has 1 fully saturated rings. The number of hydrogen-bond acceptors (Lipinski definition) is 8. The number of halogens is 1. The van der Waals surface area contributed by atoms with Gasteiger partial charge in [-0.15, -0.1) is 0 Å². The van der Waals surface area contributed by atoms with Gasteiger partial charge in [0.1, 0.15) is 23.8 Å². The minimum Gasteiger partial charge on any atom is -0.493 e. The van der Waals surface area contributed by atoms with E-state index < -0.39 is 11.5 Å². The van der Waals surface area contributed by atoms with Crippen LogP contribution in [0.2, 0.25) is 0 Å². The van der Waals surface area contributed by atoms with Gasteiger partial charge in [-0.05, 0) is 31.1 Å². The molecule has 1 aliphatic carbocycles. The molecule has 11 nitrogen and oxygen atoms in total. The summed E-state index contributed by atoms with van der Waals surface area (Å²) in [7, 11) is 0. The first-order valence-electron chi connectivity index (χ1n) is 9.11. The summed E-state index contributed by atoms with van der Waals surface area (Å²) < 4.78 is 20.8. The lowest BCUT2D eigenvalue weighted by Gasteiger charge is -2.05. The fourth-order valence-corrected chi connectivity index (χ4v) is 2.78. The van der Waals surface area contributed by atoms with Gasteiger partial charge in [0, 0.05) is 11.4 Å². The largest absolute Gasteiger partial charge is 0.493 e. The Morgan fingerprint density at radius 2 is 2.23 bits per heavy atom. The van der Waals surface area contributed by atoms with Gasteiger partial charge >= 0.3 is 11.7 Å². The van der Waals surface area contributed by atoms with E-state index in [9.17, 15) is 14.3 Å². The second-order valence-corrected chi connectivity index (χ2v) is 6.71. The first-order chi connectivity index (χ1) is 14.6. The molecule has 4 aromatic heterocycles. The third-order valence-corrected chi connectivity index (χ3v) is 4.41. The zero-order valence-electron chi connectivity index (χ0n) is 15.4. The van der Waals surface area contributed by atoms with E-state index in [1.165, 1.54) is 35.1 Å². The van der Waals surface area contributed by atoms with Gasteiger partial charge in [0.2, 0.25) is 5.88 Å². The molecule has 152 valence electrons. The predicted molar refractivity (Wildman–Crippen MR) is 99.8 cm³/mol. The van der Waals surface area contributed by atoms with Crippen molar-refractivity contribution in [2.75, 3.05) is 0 Å². The summed E-state index contributed by atoms with van der Waals surface area (Å²) in [5.74, 6) is -0.801. The molecule has 0 aromatic carbocycles. The number of rotatable bonds is 5. The zero-order chi connectivity index (χ0) is 20.7. The van der Waals surface area contributed by atoms with Crippen LogP contribution in [-0.4, -0.2) is 45.7 Å². The second kappa shape index (κ2) is 7.06. The Balaban J connectivity index is 1.60. The van der Waals surface area contributed by atoms with Crippen LogP contribution in [0.25, 0.3) is 11.7 Å². The summed E-state index contributed by atoms with van der Waals surface area (Å²) in [6, 6.07) is 2.92. The SMILES string of the molecule is O=c1[nH]c(O)c(C=c2cnn3c(=NC4CC4)nc(OCc4ncccc4F)nc23)[nH]1. The van der Waals surface area contributed by atoms with Gasteiger partial charge in [0.15, 0.2) is 5.65 Å². The van der Waals surface area contributed by atoms with Gasteiger partial charge in [-0.2, -0.15) is 19.6 Å². The van der Waals surface area contributed by atoms with Crippen LogP contribution in [-0.2, 0) is 6.61 Å². The van der Waals surface area contributed by atoms with E-state index in [1.807, 2.05) is 0 Å².